The molecular formula is C15H22N6OS. The number of hydrogen-bond acceptors (Lipinski definition) is 7. The Morgan fingerprint density at radius 2 is 2.00 bits per heavy atom. The molecule has 4 rings (SSSR count). The summed E-state index contributed by atoms with van der Waals surface area (Å²) in [5, 5.41) is 13.8. The average molecular weight is 334 g/mol. The second kappa shape index (κ2) is 6.51. The number of piperidine rings is 1. The van der Waals surface area contributed by atoms with Gasteiger partial charge in [0.15, 0.2) is 11.0 Å². The van der Waals surface area contributed by atoms with Crippen LogP contribution >= 0.6 is 11.8 Å². The Morgan fingerprint density at radius 3 is 2.70 bits per heavy atom. The van der Waals surface area contributed by atoms with Gasteiger partial charge < -0.3 is 9.42 Å². The maximum atomic E-state index is 5.27. The number of anilines is 1. The second-order valence-corrected chi connectivity index (χ2v) is 7.12. The minimum absolute atomic E-state index is 0.568. The van der Waals surface area contributed by atoms with Crippen molar-refractivity contribution in [3.63, 3.8) is 0 Å². The fourth-order valence-electron chi connectivity index (χ4n) is 2.95. The first kappa shape index (κ1) is 15.0. The lowest BCUT2D eigenvalue weighted by Gasteiger charge is -2.27. The summed E-state index contributed by atoms with van der Waals surface area (Å²) in [5.74, 6) is 3.13. The Hall–Kier alpha value is -1.57. The molecule has 1 saturated heterocycles. The van der Waals surface area contributed by atoms with E-state index in [2.05, 4.69) is 29.8 Å². The largest absolute Gasteiger partial charge is 0.341 e. The van der Waals surface area contributed by atoms with Gasteiger partial charge in [-0.3, -0.25) is 4.57 Å². The maximum absolute atomic E-state index is 5.27. The number of nitrogens with zero attached hydrogens (tertiary/aromatic N) is 6. The Labute approximate surface area is 139 Å². The molecule has 1 aliphatic carbocycles. The highest BCUT2D eigenvalue weighted by Gasteiger charge is 2.32. The van der Waals surface area contributed by atoms with E-state index in [0.29, 0.717) is 17.7 Å². The van der Waals surface area contributed by atoms with Crippen LogP contribution < -0.4 is 4.90 Å². The first-order valence-electron chi connectivity index (χ1n) is 8.49. The average Bonchev–Trinajstić information content (AvgIpc) is 3.18. The Bertz CT molecular complexity index is 659. The predicted octanol–water partition coefficient (Wildman–Crippen LogP) is 2.84. The summed E-state index contributed by atoms with van der Waals surface area (Å²) in [6.07, 6.45) is 7.08. The van der Waals surface area contributed by atoms with Gasteiger partial charge >= 0.3 is 0 Å². The van der Waals surface area contributed by atoms with Gasteiger partial charge in [0.05, 0.1) is 5.75 Å². The minimum Gasteiger partial charge on any atom is -0.341 e. The molecule has 0 unspecified atom stereocenters. The van der Waals surface area contributed by atoms with Gasteiger partial charge in [0.2, 0.25) is 11.8 Å². The van der Waals surface area contributed by atoms with Crippen molar-refractivity contribution in [2.75, 3.05) is 18.0 Å². The lowest BCUT2D eigenvalue weighted by molar-refractivity contribution is 0.385. The molecule has 2 aromatic rings. The molecule has 8 heteroatoms. The van der Waals surface area contributed by atoms with Gasteiger partial charge in [-0.05, 0) is 32.1 Å². The Morgan fingerprint density at radius 1 is 1.17 bits per heavy atom. The zero-order valence-corrected chi connectivity index (χ0v) is 14.3. The SMILES string of the molecule is CCc1noc(CSc2nnc(N3CCCCC3)n2C2CC2)n1. The van der Waals surface area contributed by atoms with E-state index in [4.69, 9.17) is 4.52 Å². The maximum Gasteiger partial charge on any atom is 0.237 e. The number of thioether (sulfide) groups is 1. The topological polar surface area (TPSA) is 72.9 Å². The summed E-state index contributed by atoms with van der Waals surface area (Å²) < 4.78 is 7.59. The molecule has 2 aromatic heterocycles. The number of hydrogen-bond donors (Lipinski definition) is 0. The molecule has 0 N–H and O–H groups in total. The number of aromatic nitrogens is 5. The van der Waals surface area contributed by atoms with E-state index in [1.807, 2.05) is 6.92 Å². The molecule has 0 spiro atoms. The molecule has 0 radical (unpaired) electrons. The van der Waals surface area contributed by atoms with Crippen molar-refractivity contribution in [3.8, 4) is 0 Å². The molecule has 0 bridgehead atoms. The van der Waals surface area contributed by atoms with Crippen molar-refractivity contribution in [1.82, 2.24) is 24.9 Å². The third-order valence-electron chi connectivity index (χ3n) is 4.35. The predicted molar refractivity (Wildman–Crippen MR) is 87.6 cm³/mol. The summed E-state index contributed by atoms with van der Waals surface area (Å²) in [5.41, 5.74) is 0. The van der Waals surface area contributed by atoms with Crippen molar-refractivity contribution < 1.29 is 4.52 Å². The van der Waals surface area contributed by atoms with Crippen LogP contribution in [-0.4, -0.2) is 38.0 Å². The van der Waals surface area contributed by atoms with Gasteiger partial charge in [0.1, 0.15) is 0 Å². The third-order valence-corrected chi connectivity index (χ3v) is 5.28. The molecule has 2 fully saturated rings. The van der Waals surface area contributed by atoms with Crippen LogP contribution in [0.15, 0.2) is 9.68 Å². The molecule has 23 heavy (non-hydrogen) atoms. The first-order chi connectivity index (χ1) is 11.3. The third kappa shape index (κ3) is 3.22. The first-order valence-corrected chi connectivity index (χ1v) is 9.48. The Balaban J connectivity index is 1.50. The summed E-state index contributed by atoms with van der Waals surface area (Å²) >= 11 is 1.64. The summed E-state index contributed by atoms with van der Waals surface area (Å²) in [6.45, 7) is 4.22. The smallest absolute Gasteiger partial charge is 0.237 e. The quantitative estimate of drug-likeness (QED) is 0.752. The highest BCUT2D eigenvalue weighted by molar-refractivity contribution is 7.98. The van der Waals surface area contributed by atoms with Crippen LogP contribution in [0.2, 0.25) is 0 Å². The van der Waals surface area contributed by atoms with E-state index < -0.39 is 0 Å². The molecule has 2 aliphatic rings. The van der Waals surface area contributed by atoms with Crippen LogP contribution in [0, 0.1) is 0 Å². The van der Waals surface area contributed by atoms with Crippen LogP contribution in [0.4, 0.5) is 5.95 Å². The fourth-order valence-corrected chi connectivity index (χ4v) is 3.79. The van der Waals surface area contributed by atoms with Crippen LogP contribution in [0.1, 0.15) is 56.8 Å². The van der Waals surface area contributed by atoms with Crippen molar-refractivity contribution >= 4 is 17.7 Å². The van der Waals surface area contributed by atoms with E-state index in [1.165, 1.54) is 32.1 Å². The molecule has 1 saturated carbocycles. The molecule has 1 aliphatic heterocycles. The zero-order valence-electron chi connectivity index (χ0n) is 13.4. The lowest BCUT2D eigenvalue weighted by Crippen LogP contribution is -2.31. The van der Waals surface area contributed by atoms with E-state index >= 15 is 0 Å². The fraction of sp³-hybridized carbons (Fsp3) is 0.733. The van der Waals surface area contributed by atoms with Crippen molar-refractivity contribution in [2.45, 2.75) is 62.4 Å². The van der Waals surface area contributed by atoms with Gasteiger partial charge in [-0.15, -0.1) is 10.2 Å². The molecule has 124 valence electrons. The normalized spacial score (nSPS) is 18.6. The highest BCUT2D eigenvalue weighted by atomic mass is 32.2. The van der Waals surface area contributed by atoms with Crippen LogP contribution in [0.5, 0.6) is 0 Å². The number of rotatable bonds is 6. The molecule has 0 atom stereocenters. The van der Waals surface area contributed by atoms with E-state index in [9.17, 15) is 0 Å². The van der Waals surface area contributed by atoms with Gasteiger partial charge in [-0.2, -0.15) is 4.98 Å². The standard InChI is InChI=1S/C15H22N6OS/c1-2-12-16-13(22-19-12)10-23-15-18-17-14(21(15)11-6-7-11)20-8-4-3-5-9-20/h11H,2-10H2,1H3. The monoisotopic (exact) mass is 334 g/mol. The zero-order chi connectivity index (χ0) is 15.6. The molecule has 0 aromatic carbocycles. The van der Waals surface area contributed by atoms with E-state index in [1.54, 1.807) is 11.8 Å². The van der Waals surface area contributed by atoms with E-state index in [-0.39, 0.29) is 0 Å². The molecule has 3 heterocycles. The molecular weight excluding hydrogens is 312 g/mol. The van der Waals surface area contributed by atoms with Crippen molar-refractivity contribution in [3.05, 3.63) is 11.7 Å². The van der Waals surface area contributed by atoms with Crippen molar-refractivity contribution in [2.24, 2.45) is 0 Å². The van der Waals surface area contributed by atoms with Gasteiger partial charge in [0, 0.05) is 25.6 Å². The highest BCUT2D eigenvalue weighted by Crippen LogP contribution is 2.41. The van der Waals surface area contributed by atoms with Crippen LogP contribution in [0.25, 0.3) is 0 Å². The van der Waals surface area contributed by atoms with Gasteiger partial charge in [-0.1, -0.05) is 23.8 Å². The molecule has 0 amide bonds. The van der Waals surface area contributed by atoms with E-state index in [0.717, 1.165) is 36.4 Å². The second-order valence-electron chi connectivity index (χ2n) is 6.18. The lowest BCUT2D eigenvalue weighted by atomic mass is 10.1. The van der Waals surface area contributed by atoms with Crippen molar-refractivity contribution in [1.29, 1.82) is 0 Å². The van der Waals surface area contributed by atoms with Crippen LogP contribution in [-0.2, 0) is 12.2 Å². The van der Waals surface area contributed by atoms with Gasteiger partial charge in [-0.25, -0.2) is 0 Å². The van der Waals surface area contributed by atoms with Crippen LogP contribution in [0.3, 0.4) is 0 Å². The molecule has 7 nitrogen and oxygen atoms in total. The number of aryl methyl sites for hydroxylation is 1. The Kier molecular flexibility index (Phi) is 4.24. The summed E-state index contributed by atoms with van der Waals surface area (Å²) in [6, 6.07) is 0.568. The summed E-state index contributed by atoms with van der Waals surface area (Å²) in [7, 11) is 0. The minimum atomic E-state index is 0.568. The summed E-state index contributed by atoms with van der Waals surface area (Å²) in [4.78, 5) is 6.75. The van der Waals surface area contributed by atoms with Gasteiger partial charge in [0.25, 0.3) is 0 Å².